The number of β-lactam (4-membered cyclic amide) rings is 1. The van der Waals surface area contributed by atoms with Crippen molar-refractivity contribution in [2.45, 2.75) is 31.9 Å². The van der Waals surface area contributed by atoms with Crippen LogP contribution in [0.1, 0.15) is 19.0 Å². The number of carbonyl (C=O) groups is 2. The summed E-state index contributed by atoms with van der Waals surface area (Å²) in [4.78, 5) is 24.6. The number of hydrogen-bond acceptors (Lipinski definition) is 7. The molecule has 0 aliphatic carbocycles. The molecule has 2 aliphatic rings. The van der Waals surface area contributed by atoms with Crippen LogP contribution in [-0.4, -0.2) is 60.7 Å². The Morgan fingerprint density at radius 2 is 2.26 bits per heavy atom. The number of fused-ring (bicyclic) bond motifs is 1. The first-order chi connectivity index (χ1) is 10.5. The van der Waals surface area contributed by atoms with Crippen LogP contribution in [0, 0.1) is 5.92 Å². The molecule has 2 N–H and O–H groups in total. The molecule has 1 saturated heterocycles. The molecule has 0 bridgehead atoms. The van der Waals surface area contributed by atoms with Crippen molar-refractivity contribution in [2.24, 2.45) is 5.92 Å². The average Bonchev–Trinajstić information content (AvgIpc) is 3.00. The molecule has 118 valence electrons. The number of carboxylic acid groups (broad SMARTS) is 1. The van der Waals surface area contributed by atoms with Gasteiger partial charge >= 0.3 is 29.6 Å². The molecule has 3 heterocycles. The first-order valence-corrected chi connectivity index (χ1v) is 6.93. The molecule has 0 saturated carbocycles. The van der Waals surface area contributed by atoms with E-state index in [1.165, 1.54) is 17.8 Å². The van der Waals surface area contributed by atoms with Gasteiger partial charge in [-0.15, -0.1) is 5.10 Å². The van der Waals surface area contributed by atoms with E-state index in [2.05, 4.69) is 10.3 Å². The maximum atomic E-state index is 12.0. The Hall–Kier alpha value is -1.26. The first kappa shape index (κ1) is 18.1. The molecule has 0 unspecified atom stereocenters. The van der Waals surface area contributed by atoms with Crippen molar-refractivity contribution in [3.8, 4) is 0 Å². The number of aliphatic carboxylic acids is 1. The average molecular weight is 330 g/mol. The smallest absolute Gasteiger partial charge is 0.543 e. The third-order valence-electron chi connectivity index (χ3n) is 4.08. The number of amides is 1. The van der Waals surface area contributed by atoms with Gasteiger partial charge in [-0.05, 0) is 6.92 Å². The standard InChI is InChI=1S/C13H16N4O5.Na/c1-6(19)10-8-4-9(11(13(21)22)17(8)12(10)20)16-5-7(2-3-18)14-15-16;/h5-6,8,10,18-19H,2-4H2,1H3,(H,21,22);/q;+1/p-1/t6-,8-,10-;/m1./s1. The van der Waals surface area contributed by atoms with Gasteiger partial charge in [-0.1, -0.05) is 5.21 Å². The van der Waals surface area contributed by atoms with Gasteiger partial charge in [0.2, 0.25) is 5.91 Å². The summed E-state index contributed by atoms with van der Waals surface area (Å²) < 4.78 is 1.29. The van der Waals surface area contributed by atoms with Gasteiger partial charge in [0.25, 0.3) is 0 Å². The van der Waals surface area contributed by atoms with Gasteiger partial charge in [-0.2, -0.15) is 0 Å². The third kappa shape index (κ3) is 2.83. The predicted molar refractivity (Wildman–Crippen MR) is 69.5 cm³/mol. The molecular formula is C13H15N4NaO5. The molecule has 3 atom stereocenters. The van der Waals surface area contributed by atoms with E-state index in [0.29, 0.717) is 17.8 Å². The van der Waals surface area contributed by atoms with Crippen LogP contribution in [0.15, 0.2) is 11.9 Å². The van der Waals surface area contributed by atoms with Crippen molar-refractivity contribution < 1.29 is 54.5 Å². The molecule has 0 spiro atoms. The van der Waals surface area contributed by atoms with Gasteiger partial charge in [0, 0.05) is 19.4 Å². The fraction of sp³-hybridized carbons (Fsp3) is 0.538. The minimum absolute atomic E-state index is 0. The van der Waals surface area contributed by atoms with Gasteiger partial charge in [-0.25, -0.2) is 4.68 Å². The third-order valence-corrected chi connectivity index (χ3v) is 4.08. The zero-order valence-corrected chi connectivity index (χ0v) is 14.8. The second kappa shape index (κ2) is 6.70. The van der Waals surface area contributed by atoms with Crippen LogP contribution in [0.4, 0.5) is 0 Å². The zero-order chi connectivity index (χ0) is 16.0. The Morgan fingerprint density at radius 3 is 2.83 bits per heavy atom. The monoisotopic (exact) mass is 330 g/mol. The van der Waals surface area contributed by atoms with Crippen molar-refractivity contribution in [1.82, 2.24) is 19.9 Å². The maximum Gasteiger partial charge on any atom is 1.00 e. The minimum Gasteiger partial charge on any atom is -0.543 e. The molecule has 1 aromatic rings. The Balaban J connectivity index is 0.00000192. The molecule has 23 heavy (non-hydrogen) atoms. The fourth-order valence-corrected chi connectivity index (χ4v) is 3.10. The predicted octanol–water partition coefficient (Wildman–Crippen LogP) is -5.65. The van der Waals surface area contributed by atoms with E-state index in [1.807, 2.05) is 0 Å². The molecule has 0 radical (unpaired) electrons. The summed E-state index contributed by atoms with van der Waals surface area (Å²) in [5, 5.41) is 37.6. The second-order valence-electron chi connectivity index (χ2n) is 5.46. The van der Waals surface area contributed by atoms with E-state index in [1.54, 1.807) is 0 Å². The van der Waals surface area contributed by atoms with Crippen molar-refractivity contribution >= 4 is 17.6 Å². The largest absolute Gasteiger partial charge is 1.00 e. The van der Waals surface area contributed by atoms with E-state index in [9.17, 15) is 19.8 Å². The topological polar surface area (TPSA) is 132 Å². The Morgan fingerprint density at radius 1 is 1.57 bits per heavy atom. The minimum atomic E-state index is -1.46. The molecule has 9 nitrogen and oxygen atoms in total. The van der Waals surface area contributed by atoms with Crippen LogP contribution in [-0.2, 0) is 16.0 Å². The number of nitrogens with zero attached hydrogens (tertiary/aromatic N) is 4. The molecule has 0 aromatic carbocycles. The van der Waals surface area contributed by atoms with E-state index >= 15 is 0 Å². The van der Waals surface area contributed by atoms with Crippen LogP contribution in [0.2, 0.25) is 0 Å². The number of rotatable bonds is 5. The van der Waals surface area contributed by atoms with Crippen molar-refractivity contribution in [2.75, 3.05) is 6.61 Å². The molecule has 3 rings (SSSR count). The van der Waals surface area contributed by atoms with Crippen molar-refractivity contribution in [3.63, 3.8) is 0 Å². The SMILES string of the molecule is C[C@@H](O)[C@H]1C(=O)N2C(C(=O)[O-])=C(n3cc(CCO)nn3)C[C@H]12.[Na+]. The Bertz CT molecular complexity index is 671. The van der Waals surface area contributed by atoms with Crippen LogP contribution >= 0.6 is 0 Å². The quantitative estimate of drug-likeness (QED) is 0.406. The van der Waals surface area contributed by atoms with E-state index in [-0.39, 0.29) is 48.3 Å². The number of aliphatic hydroxyl groups is 2. The normalized spacial score (nSPS) is 24.1. The van der Waals surface area contributed by atoms with Gasteiger partial charge in [-0.3, -0.25) is 4.79 Å². The number of aliphatic hydroxyl groups excluding tert-OH is 2. The summed E-state index contributed by atoms with van der Waals surface area (Å²) in [7, 11) is 0. The van der Waals surface area contributed by atoms with Crippen LogP contribution in [0.5, 0.6) is 0 Å². The summed E-state index contributed by atoms with van der Waals surface area (Å²) in [6, 6.07) is -0.402. The van der Waals surface area contributed by atoms with Crippen molar-refractivity contribution in [3.05, 3.63) is 17.6 Å². The molecule has 1 amide bonds. The van der Waals surface area contributed by atoms with E-state index in [0.717, 1.165) is 4.90 Å². The van der Waals surface area contributed by atoms with Gasteiger partial charge in [0.15, 0.2) is 0 Å². The molecule has 2 aliphatic heterocycles. The Kier molecular flexibility index (Phi) is 5.27. The number of carbonyl (C=O) groups excluding carboxylic acids is 2. The van der Waals surface area contributed by atoms with Crippen LogP contribution in [0.25, 0.3) is 5.70 Å². The molecule has 1 fully saturated rings. The second-order valence-corrected chi connectivity index (χ2v) is 5.46. The van der Waals surface area contributed by atoms with Gasteiger partial charge in [0.05, 0.1) is 47.3 Å². The molecule has 1 aromatic heterocycles. The summed E-state index contributed by atoms with van der Waals surface area (Å²) in [6.07, 6.45) is 1.22. The number of aromatic nitrogens is 3. The number of hydrogen-bond donors (Lipinski definition) is 2. The fourth-order valence-electron chi connectivity index (χ4n) is 3.10. The first-order valence-electron chi connectivity index (χ1n) is 6.93. The number of carboxylic acids is 1. The zero-order valence-electron chi connectivity index (χ0n) is 12.8. The molecular weight excluding hydrogens is 315 g/mol. The van der Waals surface area contributed by atoms with E-state index in [4.69, 9.17) is 5.11 Å². The van der Waals surface area contributed by atoms with Gasteiger partial charge in [0.1, 0.15) is 0 Å². The van der Waals surface area contributed by atoms with Crippen LogP contribution < -0.4 is 34.7 Å². The maximum absolute atomic E-state index is 12.0. The van der Waals surface area contributed by atoms with Crippen molar-refractivity contribution in [1.29, 1.82) is 0 Å². The Labute approximate surface area is 153 Å². The molecule has 10 heteroatoms. The summed E-state index contributed by atoms with van der Waals surface area (Å²) in [5.41, 5.74) is 0.589. The summed E-state index contributed by atoms with van der Waals surface area (Å²) in [5.74, 6) is -2.51. The summed E-state index contributed by atoms with van der Waals surface area (Å²) >= 11 is 0. The summed E-state index contributed by atoms with van der Waals surface area (Å²) in [6.45, 7) is 1.41. The van der Waals surface area contributed by atoms with Crippen LogP contribution in [0.3, 0.4) is 0 Å². The van der Waals surface area contributed by atoms with E-state index < -0.39 is 29.9 Å². The van der Waals surface area contributed by atoms with Gasteiger partial charge < -0.3 is 25.0 Å².